The number of nitrogens with zero attached hydrogens (tertiary/aromatic N) is 1. The summed E-state index contributed by atoms with van der Waals surface area (Å²) < 4.78 is 11.8. The van der Waals surface area contributed by atoms with Crippen LogP contribution in [0.25, 0.3) is 0 Å². The molecule has 0 bridgehead atoms. The minimum absolute atomic E-state index is 0.244. The Hall–Kier alpha value is -0.890. The lowest BCUT2D eigenvalue weighted by molar-refractivity contribution is 0.640. The van der Waals surface area contributed by atoms with Crippen molar-refractivity contribution in [3.05, 3.63) is 34.3 Å². The summed E-state index contributed by atoms with van der Waals surface area (Å²) in [5, 5.41) is 9.20. The average molecular weight is 271 g/mol. The van der Waals surface area contributed by atoms with Gasteiger partial charge in [0.05, 0.1) is 17.4 Å². The lowest BCUT2D eigenvalue weighted by Crippen LogP contribution is -2.18. The molecule has 92 valence electrons. The van der Waals surface area contributed by atoms with Gasteiger partial charge in [-0.3, -0.25) is 4.21 Å². The highest BCUT2D eigenvalue weighted by atomic mass is 35.5. The van der Waals surface area contributed by atoms with E-state index in [9.17, 15) is 4.21 Å². The van der Waals surface area contributed by atoms with E-state index in [0.29, 0.717) is 28.6 Å². The molecule has 0 radical (unpaired) electrons. The second-order valence-electron chi connectivity index (χ2n) is 4.01. The molecule has 0 saturated heterocycles. The Morgan fingerprint density at radius 1 is 1.59 bits per heavy atom. The van der Waals surface area contributed by atoms with Gasteiger partial charge < -0.3 is 5.73 Å². The first-order chi connectivity index (χ1) is 8.06. The van der Waals surface area contributed by atoms with Crippen molar-refractivity contribution >= 4 is 22.4 Å². The van der Waals surface area contributed by atoms with Gasteiger partial charge in [0.15, 0.2) is 0 Å². The van der Waals surface area contributed by atoms with E-state index < -0.39 is 10.8 Å². The van der Waals surface area contributed by atoms with Gasteiger partial charge in [0.1, 0.15) is 0 Å². The second kappa shape index (κ2) is 6.75. The van der Waals surface area contributed by atoms with E-state index in [1.165, 1.54) is 0 Å². The molecule has 1 aromatic rings. The van der Waals surface area contributed by atoms with Crippen molar-refractivity contribution in [2.45, 2.75) is 12.7 Å². The minimum atomic E-state index is -0.967. The largest absolute Gasteiger partial charge is 0.330 e. The van der Waals surface area contributed by atoms with E-state index in [1.54, 1.807) is 18.2 Å². The van der Waals surface area contributed by atoms with Crippen LogP contribution in [0, 0.1) is 17.2 Å². The van der Waals surface area contributed by atoms with Crippen molar-refractivity contribution in [2.75, 3.05) is 12.3 Å². The van der Waals surface area contributed by atoms with E-state index >= 15 is 0 Å². The van der Waals surface area contributed by atoms with Crippen LogP contribution in [0.4, 0.5) is 0 Å². The quantitative estimate of drug-likeness (QED) is 0.890. The van der Waals surface area contributed by atoms with Crippen molar-refractivity contribution < 1.29 is 4.21 Å². The number of hydrogen-bond donors (Lipinski definition) is 1. The van der Waals surface area contributed by atoms with Crippen molar-refractivity contribution in [1.29, 1.82) is 5.26 Å². The number of halogens is 1. The zero-order chi connectivity index (χ0) is 12.8. The Labute approximate surface area is 109 Å². The maximum absolute atomic E-state index is 11.8. The molecule has 0 heterocycles. The zero-order valence-electron chi connectivity index (χ0n) is 9.65. The standard InChI is InChI=1S/C12H15ClN2OS/c1-9(5-14)7-17(16)8-11-3-2-10(6-15)4-12(11)13/h2-4,9H,5,7-8,14H2,1H3. The van der Waals surface area contributed by atoms with Gasteiger partial charge in [-0.15, -0.1) is 0 Å². The van der Waals surface area contributed by atoms with E-state index in [2.05, 4.69) is 0 Å². The number of nitriles is 1. The third kappa shape index (κ3) is 4.47. The summed E-state index contributed by atoms with van der Waals surface area (Å²) in [7, 11) is -0.967. The molecule has 2 atom stereocenters. The highest BCUT2D eigenvalue weighted by molar-refractivity contribution is 7.84. The minimum Gasteiger partial charge on any atom is -0.330 e. The van der Waals surface area contributed by atoms with Gasteiger partial charge in [-0.05, 0) is 30.2 Å². The lowest BCUT2D eigenvalue weighted by atomic mass is 10.2. The molecule has 17 heavy (non-hydrogen) atoms. The fraction of sp³-hybridized carbons (Fsp3) is 0.417. The molecule has 2 unspecified atom stereocenters. The average Bonchev–Trinajstić information content (AvgIpc) is 2.31. The van der Waals surface area contributed by atoms with Gasteiger partial charge in [0, 0.05) is 21.6 Å². The fourth-order valence-electron chi connectivity index (χ4n) is 1.35. The molecular weight excluding hydrogens is 256 g/mol. The van der Waals surface area contributed by atoms with Crippen LogP contribution in [0.2, 0.25) is 5.02 Å². The molecule has 5 heteroatoms. The van der Waals surface area contributed by atoms with Crippen LogP contribution < -0.4 is 5.73 Å². The molecule has 0 aromatic heterocycles. The first-order valence-electron chi connectivity index (χ1n) is 5.30. The molecule has 0 aliphatic carbocycles. The smallest absolute Gasteiger partial charge is 0.0992 e. The van der Waals surface area contributed by atoms with Gasteiger partial charge in [-0.1, -0.05) is 24.6 Å². The molecule has 0 spiro atoms. The van der Waals surface area contributed by atoms with Gasteiger partial charge in [0.2, 0.25) is 0 Å². The summed E-state index contributed by atoms with van der Waals surface area (Å²) in [6.07, 6.45) is 0. The van der Waals surface area contributed by atoms with Crippen LogP contribution in [-0.2, 0) is 16.6 Å². The van der Waals surface area contributed by atoms with Crippen molar-refractivity contribution in [1.82, 2.24) is 0 Å². The van der Waals surface area contributed by atoms with E-state index in [-0.39, 0.29) is 5.92 Å². The molecule has 1 rings (SSSR count). The molecular formula is C12H15ClN2OS. The van der Waals surface area contributed by atoms with Gasteiger partial charge in [-0.25, -0.2) is 0 Å². The highest BCUT2D eigenvalue weighted by Crippen LogP contribution is 2.19. The Kier molecular flexibility index (Phi) is 5.63. The SMILES string of the molecule is CC(CN)CS(=O)Cc1ccc(C#N)cc1Cl. The number of rotatable bonds is 5. The van der Waals surface area contributed by atoms with Crippen LogP contribution in [0.5, 0.6) is 0 Å². The predicted molar refractivity (Wildman–Crippen MR) is 71.1 cm³/mol. The van der Waals surface area contributed by atoms with E-state index in [0.717, 1.165) is 5.56 Å². The molecule has 2 N–H and O–H groups in total. The summed E-state index contributed by atoms with van der Waals surface area (Å²) >= 11 is 6.01. The second-order valence-corrected chi connectivity index (χ2v) is 5.92. The van der Waals surface area contributed by atoms with E-state index in [1.807, 2.05) is 13.0 Å². The summed E-state index contributed by atoms with van der Waals surface area (Å²) in [5.41, 5.74) is 6.81. The normalized spacial score (nSPS) is 14.0. The number of nitrogens with two attached hydrogens (primary N) is 1. The van der Waals surface area contributed by atoms with Crippen LogP contribution in [-0.4, -0.2) is 16.5 Å². The molecule has 1 aromatic carbocycles. The lowest BCUT2D eigenvalue weighted by Gasteiger charge is -2.09. The molecule has 0 aliphatic rings. The molecule has 3 nitrogen and oxygen atoms in total. The first kappa shape index (κ1) is 14.2. The summed E-state index contributed by atoms with van der Waals surface area (Å²) in [4.78, 5) is 0. The first-order valence-corrected chi connectivity index (χ1v) is 7.17. The fourth-order valence-corrected chi connectivity index (χ4v) is 3.17. The summed E-state index contributed by atoms with van der Waals surface area (Å²) in [6, 6.07) is 7.05. The monoisotopic (exact) mass is 270 g/mol. The van der Waals surface area contributed by atoms with Crippen LogP contribution in [0.3, 0.4) is 0 Å². The summed E-state index contributed by atoms with van der Waals surface area (Å²) in [5.74, 6) is 1.23. The van der Waals surface area contributed by atoms with Crippen molar-refractivity contribution in [3.8, 4) is 6.07 Å². The molecule has 0 aliphatic heterocycles. The topological polar surface area (TPSA) is 66.9 Å². The van der Waals surface area contributed by atoms with Crippen LogP contribution in [0.15, 0.2) is 18.2 Å². The van der Waals surface area contributed by atoms with Crippen LogP contribution >= 0.6 is 11.6 Å². The molecule has 0 saturated carbocycles. The molecule has 0 fully saturated rings. The van der Waals surface area contributed by atoms with E-state index in [4.69, 9.17) is 22.6 Å². The predicted octanol–water partition coefficient (Wildman–Crippen LogP) is 2.06. The van der Waals surface area contributed by atoms with Gasteiger partial charge in [0.25, 0.3) is 0 Å². The zero-order valence-corrected chi connectivity index (χ0v) is 11.2. The van der Waals surface area contributed by atoms with Gasteiger partial charge in [-0.2, -0.15) is 5.26 Å². The number of hydrogen-bond acceptors (Lipinski definition) is 3. The Morgan fingerprint density at radius 3 is 2.82 bits per heavy atom. The maximum Gasteiger partial charge on any atom is 0.0992 e. The van der Waals surface area contributed by atoms with Crippen molar-refractivity contribution in [3.63, 3.8) is 0 Å². The Balaban J connectivity index is 2.69. The Bertz CT molecular complexity index is 456. The Morgan fingerprint density at radius 2 is 2.29 bits per heavy atom. The van der Waals surface area contributed by atoms with Crippen LogP contribution in [0.1, 0.15) is 18.1 Å². The van der Waals surface area contributed by atoms with Crippen molar-refractivity contribution in [2.24, 2.45) is 11.7 Å². The van der Waals surface area contributed by atoms with Gasteiger partial charge >= 0.3 is 0 Å². The highest BCUT2D eigenvalue weighted by Gasteiger charge is 2.09. The third-order valence-corrected chi connectivity index (χ3v) is 4.30. The maximum atomic E-state index is 11.8. The number of benzene rings is 1. The third-order valence-electron chi connectivity index (χ3n) is 2.37. The molecule has 0 amide bonds. The summed E-state index contributed by atoms with van der Waals surface area (Å²) in [6.45, 7) is 2.51.